The summed E-state index contributed by atoms with van der Waals surface area (Å²) in [6.07, 6.45) is 3.32. The Balaban J connectivity index is 2.53. The topological polar surface area (TPSA) is 73.9 Å². The van der Waals surface area contributed by atoms with Gasteiger partial charge in [-0.25, -0.2) is 4.68 Å². The van der Waals surface area contributed by atoms with E-state index in [9.17, 15) is 4.79 Å². The van der Waals surface area contributed by atoms with E-state index in [0.717, 1.165) is 5.69 Å². The lowest BCUT2D eigenvalue weighted by Gasteiger charge is -2.05. The molecule has 0 saturated heterocycles. The van der Waals surface area contributed by atoms with E-state index in [0.29, 0.717) is 11.3 Å². The number of nitrogens with zero attached hydrogens (tertiary/aromatic N) is 3. The minimum Gasteiger partial charge on any atom is -0.360 e. The number of aryl methyl sites for hydroxylation is 2. The molecule has 2 heterocycles. The maximum Gasteiger partial charge on any atom is 0.289 e. The predicted octanol–water partition coefficient (Wildman–Crippen LogP) is 1.55. The molecule has 0 bridgehead atoms. The van der Waals surface area contributed by atoms with Gasteiger partial charge in [-0.3, -0.25) is 4.79 Å². The van der Waals surface area contributed by atoms with Crippen LogP contribution in [-0.2, 0) is 0 Å². The molecule has 0 aliphatic rings. The molecule has 2 aromatic rings. The minimum atomic E-state index is -0.391. The van der Waals surface area contributed by atoms with Gasteiger partial charge < -0.3 is 4.98 Å². The molecule has 0 spiro atoms. The van der Waals surface area contributed by atoms with E-state index < -0.39 is 5.56 Å². The first-order chi connectivity index (χ1) is 8.63. The van der Waals surface area contributed by atoms with Gasteiger partial charge in [0.15, 0.2) is 0 Å². The predicted molar refractivity (Wildman–Crippen MR) is 68.7 cm³/mol. The van der Waals surface area contributed by atoms with E-state index in [2.05, 4.69) is 10.1 Å². The van der Waals surface area contributed by atoms with Crippen molar-refractivity contribution in [2.24, 2.45) is 5.10 Å². The highest BCUT2D eigenvalue weighted by atomic mass is 16.1. The molecule has 18 heavy (non-hydrogen) atoms. The van der Waals surface area contributed by atoms with Gasteiger partial charge in [-0.2, -0.15) is 10.4 Å². The number of aromatic amines is 1. The second kappa shape index (κ2) is 4.72. The van der Waals surface area contributed by atoms with Gasteiger partial charge in [0.05, 0.1) is 11.9 Å². The third-order valence-corrected chi connectivity index (χ3v) is 2.61. The number of hydrogen-bond acceptors (Lipinski definition) is 3. The van der Waals surface area contributed by atoms with Crippen molar-refractivity contribution in [2.75, 3.05) is 0 Å². The molecular formula is C13H12N4O. The zero-order valence-electron chi connectivity index (χ0n) is 10.1. The highest BCUT2D eigenvalue weighted by Gasteiger charge is 2.08. The quantitative estimate of drug-likeness (QED) is 0.809. The van der Waals surface area contributed by atoms with E-state index in [1.165, 1.54) is 4.68 Å². The number of hydrogen-bond donors (Lipinski definition) is 1. The van der Waals surface area contributed by atoms with Crippen LogP contribution in [0.4, 0.5) is 0 Å². The third kappa shape index (κ3) is 2.09. The minimum absolute atomic E-state index is 0.129. The highest BCUT2D eigenvalue weighted by Crippen LogP contribution is 2.05. The highest BCUT2D eigenvalue weighted by molar-refractivity contribution is 5.76. The van der Waals surface area contributed by atoms with Crippen molar-refractivity contribution < 1.29 is 0 Å². The largest absolute Gasteiger partial charge is 0.360 e. The normalized spacial score (nSPS) is 10.7. The summed E-state index contributed by atoms with van der Waals surface area (Å²) in [7, 11) is 0. The SMILES string of the molecule is Cc1cc(C)n(/N=C/c2ccc[nH]2)c(=O)c1C#N. The van der Waals surface area contributed by atoms with Gasteiger partial charge in [-0.15, -0.1) is 0 Å². The fraction of sp³-hybridized carbons (Fsp3) is 0.154. The molecular weight excluding hydrogens is 228 g/mol. The summed E-state index contributed by atoms with van der Waals surface area (Å²) in [5, 5.41) is 13.0. The van der Waals surface area contributed by atoms with Gasteiger partial charge in [-0.1, -0.05) is 0 Å². The van der Waals surface area contributed by atoms with Crippen molar-refractivity contribution in [2.45, 2.75) is 13.8 Å². The molecule has 0 unspecified atom stereocenters. The smallest absolute Gasteiger partial charge is 0.289 e. The van der Waals surface area contributed by atoms with E-state index in [4.69, 9.17) is 5.26 Å². The van der Waals surface area contributed by atoms with Gasteiger partial charge >= 0.3 is 0 Å². The molecule has 0 amide bonds. The molecule has 0 saturated carbocycles. The Hall–Kier alpha value is -2.61. The molecule has 1 N–H and O–H groups in total. The average Bonchev–Trinajstić information content (AvgIpc) is 2.81. The molecule has 0 aromatic carbocycles. The Morgan fingerprint density at radius 2 is 2.28 bits per heavy atom. The lowest BCUT2D eigenvalue weighted by atomic mass is 10.1. The van der Waals surface area contributed by atoms with Gasteiger partial charge in [0.2, 0.25) is 0 Å². The Bertz CT molecular complexity index is 687. The summed E-state index contributed by atoms with van der Waals surface area (Å²) >= 11 is 0. The van der Waals surface area contributed by atoms with Gasteiger partial charge in [0, 0.05) is 11.9 Å². The summed E-state index contributed by atoms with van der Waals surface area (Å²) in [6, 6.07) is 7.36. The zero-order valence-corrected chi connectivity index (χ0v) is 10.1. The van der Waals surface area contributed by atoms with Crippen molar-refractivity contribution in [1.82, 2.24) is 9.66 Å². The number of nitriles is 1. The molecule has 0 aliphatic heterocycles. The van der Waals surface area contributed by atoms with Crippen LogP contribution < -0.4 is 5.56 Å². The summed E-state index contributed by atoms with van der Waals surface area (Å²) in [6.45, 7) is 3.52. The average molecular weight is 240 g/mol. The van der Waals surface area contributed by atoms with Crippen molar-refractivity contribution >= 4 is 6.21 Å². The monoisotopic (exact) mass is 240 g/mol. The summed E-state index contributed by atoms with van der Waals surface area (Å²) in [4.78, 5) is 15.0. The second-order valence-electron chi connectivity index (χ2n) is 3.94. The van der Waals surface area contributed by atoms with E-state index >= 15 is 0 Å². The van der Waals surface area contributed by atoms with Crippen molar-refractivity contribution in [3.8, 4) is 6.07 Å². The maximum absolute atomic E-state index is 12.0. The lowest BCUT2D eigenvalue weighted by molar-refractivity contribution is 0.786. The Labute approximate surface area is 104 Å². The first kappa shape index (κ1) is 11.9. The number of H-pyrrole nitrogens is 1. The molecule has 2 rings (SSSR count). The van der Waals surface area contributed by atoms with Crippen LogP contribution in [-0.4, -0.2) is 15.9 Å². The number of aromatic nitrogens is 2. The number of rotatable bonds is 2. The fourth-order valence-corrected chi connectivity index (χ4v) is 1.71. The summed E-state index contributed by atoms with van der Waals surface area (Å²) < 4.78 is 1.23. The lowest BCUT2D eigenvalue weighted by Crippen LogP contribution is -2.22. The van der Waals surface area contributed by atoms with Crippen LogP contribution in [0.15, 0.2) is 34.3 Å². The van der Waals surface area contributed by atoms with Gasteiger partial charge in [0.25, 0.3) is 5.56 Å². The summed E-state index contributed by atoms with van der Waals surface area (Å²) in [5.41, 5.74) is 1.90. The Morgan fingerprint density at radius 1 is 1.50 bits per heavy atom. The molecule has 0 atom stereocenters. The van der Waals surface area contributed by atoms with Crippen LogP contribution in [0.2, 0.25) is 0 Å². The van der Waals surface area contributed by atoms with E-state index in [1.54, 1.807) is 32.3 Å². The summed E-state index contributed by atoms with van der Waals surface area (Å²) in [5.74, 6) is 0. The maximum atomic E-state index is 12.0. The molecule has 2 aromatic heterocycles. The molecule has 90 valence electrons. The Kier molecular flexibility index (Phi) is 3.11. The molecule has 0 radical (unpaired) electrons. The van der Waals surface area contributed by atoms with Gasteiger partial charge in [0.1, 0.15) is 11.6 Å². The van der Waals surface area contributed by atoms with Crippen LogP contribution in [0.1, 0.15) is 22.5 Å². The van der Waals surface area contributed by atoms with Crippen molar-refractivity contribution in [1.29, 1.82) is 5.26 Å². The second-order valence-corrected chi connectivity index (χ2v) is 3.94. The number of pyridine rings is 1. The van der Waals surface area contributed by atoms with Crippen molar-refractivity contribution in [3.05, 3.63) is 57.3 Å². The first-order valence-corrected chi connectivity index (χ1v) is 5.44. The molecule has 0 aliphatic carbocycles. The molecule has 5 heteroatoms. The van der Waals surface area contributed by atoms with Crippen LogP contribution >= 0.6 is 0 Å². The first-order valence-electron chi connectivity index (χ1n) is 5.44. The van der Waals surface area contributed by atoms with Crippen LogP contribution in [0.5, 0.6) is 0 Å². The van der Waals surface area contributed by atoms with E-state index in [-0.39, 0.29) is 5.56 Å². The van der Waals surface area contributed by atoms with Gasteiger partial charge in [-0.05, 0) is 37.6 Å². The third-order valence-electron chi connectivity index (χ3n) is 2.61. The zero-order chi connectivity index (χ0) is 13.1. The van der Waals surface area contributed by atoms with Crippen LogP contribution in [0.3, 0.4) is 0 Å². The van der Waals surface area contributed by atoms with Crippen molar-refractivity contribution in [3.63, 3.8) is 0 Å². The van der Waals surface area contributed by atoms with Crippen LogP contribution in [0.25, 0.3) is 0 Å². The molecule has 5 nitrogen and oxygen atoms in total. The standard InChI is InChI=1S/C13H12N4O/c1-9-6-10(2)17(13(18)12(9)7-14)16-8-11-4-3-5-15-11/h3-6,8,15H,1-2H3/b16-8+. The number of nitrogens with one attached hydrogen (secondary N) is 1. The van der Waals surface area contributed by atoms with Crippen LogP contribution in [0, 0.1) is 25.2 Å². The Morgan fingerprint density at radius 3 is 2.89 bits per heavy atom. The van der Waals surface area contributed by atoms with E-state index in [1.807, 2.05) is 18.2 Å². The fourth-order valence-electron chi connectivity index (χ4n) is 1.71. The molecule has 0 fully saturated rings.